The number of amides is 1. The number of nitrogens with zero attached hydrogens (tertiary/aromatic N) is 3. The van der Waals surface area contributed by atoms with Crippen LogP contribution in [0.25, 0.3) is 0 Å². The molecule has 2 aliphatic rings. The van der Waals surface area contributed by atoms with E-state index in [1.54, 1.807) is 17.1 Å². The van der Waals surface area contributed by atoms with E-state index in [9.17, 15) is 4.79 Å². The molecule has 2 aromatic rings. The molecule has 158 valence electrons. The molecule has 0 aromatic heterocycles. The summed E-state index contributed by atoms with van der Waals surface area (Å²) >= 11 is 18.5. The molecule has 4 nitrogen and oxygen atoms in total. The van der Waals surface area contributed by atoms with Crippen molar-refractivity contribution >= 4 is 57.8 Å². The van der Waals surface area contributed by atoms with Crippen LogP contribution < -0.4 is 9.91 Å². The molecule has 30 heavy (non-hydrogen) atoms. The lowest BCUT2D eigenvalue weighted by atomic mass is 10.0. The second-order valence-corrected chi connectivity index (χ2v) is 9.09. The van der Waals surface area contributed by atoms with E-state index in [0.29, 0.717) is 33.7 Å². The predicted octanol–water partition coefficient (Wildman–Crippen LogP) is 6.97. The van der Waals surface area contributed by atoms with Crippen LogP contribution in [0, 0.1) is 0 Å². The Kier molecular flexibility index (Phi) is 6.87. The summed E-state index contributed by atoms with van der Waals surface area (Å²) in [5.41, 5.74) is 2.19. The summed E-state index contributed by atoms with van der Waals surface area (Å²) in [5, 5.41) is 8.19. The fourth-order valence-corrected chi connectivity index (χ4v) is 4.85. The summed E-state index contributed by atoms with van der Waals surface area (Å²) in [4.78, 5) is 15.6. The molecular weight excluding hydrogens is 441 g/mol. The molecule has 1 heterocycles. The molecule has 0 bridgehead atoms. The molecular formula is C23H24Cl3N3O. The standard InChI is InChI=1S/C23H24Cl3N3O/c24-16-7-10-19(11-8-16)29(18-5-3-1-2-4-6-18)23(30)21-13-14-28(27-21)22-12-9-17(25)15-20(22)26/h7-12,15,18H,1-6,13-14H2. The highest BCUT2D eigenvalue weighted by molar-refractivity contribution is 6.44. The van der Waals surface area contributed by atoms with Crippen molar-refractivity contribution in [2.45, 2.75) is 51.0 Å². The van der Waals surface area contributed by atoms with Crippen molar-refractivity contribution in [2.24, 2.45) is 5.10 Å². The van der Waals surface area contributed by atoms with Crippen LogP contribution in [-0.2, 0) is 4.79 Å². The van der Waals surface area contributed by atoms with E-state index >= 15 is 0 Å². The molecule has 0 saturated heterocycles. The van der Waals surface area contributed by atoms with Gasteiger partial charge in [0.2, 0.25) is 0 Å². The number of hydrazone groups is 1. The minimum absolute atomic E-state index is 0.0307. The van der Waals surface area contributed by atoms with Crippen molar-refractivity contribution in [3.05, 3.63) is 57.5 Å². The predicted molar refractivity (Wildman–Crippen MR) is 126 cm³/mol. The van der Waals surface area contributed by atoms with Crippen molar-refractivity contribution in [3.8, 4) is 0 Å². The monoisotopic (exact) mass is 463 g/mol. The number of carbonyl (C=O) groups is 1. The van der Waals surface area contributed by atoms with Gasteiger partial charge in [-0.3, -0.25) is 9.80 Å². The Balaban J connectivity index is 1.63. The maximum Gasteiger partial charge on any atom is 0.274 e. The van der Waals surface area contributed by atoms with E-state index in [1.807, 2.05) is 35.2 Å². The van der Waals surface area contributed by atoms with E-state index in [1.165, 1.54) is 12.8 Å². The largest absolute Gasteiger partial charge is 0.304 e. The summed E-state index contributed by atoms with van der Waals surface area (Å²) in [5.74, 6) is -0.0307. The van der Waals surface area contributed by atoms with Gasteiger partial charge >= 0.3 is 0 Å². The van der Waals surface area contributed by atoms with Crippen LogP contribution in [0.1, 0.15) is 44.9 Å². The Morgan fingerprint density at radius 3 is 2.27 bits per heavy atom. The smallest absolute Gasteiger partial charge is 0.274 e. The molecule has 7 heteroatoms. The molecule has 1 fully saturated rings. The van der Waals surface area contributed by atoms with Gasteiger partial charge in [0.15, 0.2) is 0 Å². The summed E-state index contributed by atoms with van der Waals surface area (Å²) < 4.78 is 0. The lowest BCUT2D eigenvalue weighted by molar-refractivity contribution is -0.113. The van der Waals surface area contributed by atoms with Crippen LogP contribution in [0.3, 0.4) is 0 Å². The van der Waals surface area contributed by atoms with Gasteiger partial charge in [-0.1, -0.05) is 60.5 Å². The van der Waals surface area contributed by atoms with Crippen LogP contribution in [0.5, 0.6) is 0 Å². The molecule has 0 N–H and O–H groups in total. The highest BCUT2D eigenvalue weighted by atomic mass is 35.5. The first-order valence-corrected chi connectivity index (χ1v) is 11.6. The number of hydrogen-bond donors (Lipinski definition) is 0. The molecule has 1 saturated carbocycles. The van der Waals surface area contributed by atoms with Gasteiger partial charge in [0.05, 0.1) is 10.7 Å². The first kappa shape index (κ1) is 21.5. The molecule has 1 aliphatic carbocycles. The summed E-state index contributed by atoms with van der Waals surface area (Å²) in [6.07, 6.45) is 7.32. The topological polar surface area (TPSA) is 35.9 Å². The lowest BCUT2D eigenvalue weighted by Gasteiger charge is -2.31. The number of hydrogen-bond acceptors (Lipinski definition) is 3. The molecule has 1 amide bonds. The molecule has 1 aliphatic heterocycles. The van der Waals surface area contributed by atoms with Crippen molar-refractivity contribution in [2.75, 3.05) is 16.5 Å². The van der Waals surface area contributed by atoms with Crippen molar-refractivity contribution < 1.29 is 4.79 Å². The minimum atomic E-state index is -0.0307. The first-order chi connectivity index (χ1) is 14.5. The second-order valence-electron chi connectivity index (χ2n) is 7.81. The van der Waals surface area contributed by atoms with Crippen LogP contribution in [0.15, 0.2) is 47.6 Å². The van der Waals surface area contributed by atoms with Gasteiger partial charge in [-0.25, -0.2) is 0 Å². The maximum atomic E-state index is 13.6. The second kappa shape index (κ2) is 9.59. The van der Waals surface area contributed by atoms with Gasteiger partial charge in [0.25, 0.3) is 5.91 Å². The third-order valence-electron chi connectivity index (χ3n) is 5.75. The Morgan fingerprint density at radius 1 is 0.933 bits per heavy atom. The van der Waals surface area contributed by atoms with Gasteiger partial charge in [-0.15, -0.1) is 0 Å². The normalized spacial score (nSPS) is 17.6. The molecule has 0 unspecified atom stereocenters. The number of carbonyl (C=O) groups excluding carboxylic acids is 1. The first-order valence-electron chi connectivity index (χ1n) is 10.4. The van der Waals surface area contributed by atoms with Crippen LogP contribution >= 0.6 is 34.8 Å². The van der Waals surface area contributed by atoms with E-state index in [4.69, 9.17) is 34.8 Å². The van der Waals surface area contributed by atoms with Gasteiger partial charge in [0.1, 0.15) is 5.71 Å². The Morgan fingerprint density at radius 2 is 1.60 bits per heavy atom. The molecule has 2 aromatic carbocycles. The molecule has 0 spiro atoms. The zero-order valence-electron chi connectivity index (χ0n) is 16.7. The maximum absolute atomic E-state index is 13.6. The highest BCUT2D eigenvalue weighted by Crippen LogP contribution is 2.32. The fourth-order valence-electron chi connectivity index (χ4n) is 4.22. The van der Waals surface area contributed by atoms with E-state index in [0.717, 1.165) is 37.1 Å². The molecule has 4 rings (SSSR count). The summed E-state index contributed by atoms with van der Waals surface area (Å²) in [7, 11) is 0. The zero-order chi connectivity index (χ0) is 21.1. The fraction of sp³-hybridized carbons (Fsp3) is 0.391. The number of benzene rings is 2. The number of anilines is 2. The summed E-state index contributed by atoms with van der Waals surface area (Å²) in [6, 6.07) is 13.0. The van der Waals surface area contributed by atoms with E-state index in [2.05, 4.69) is 5.10 Å². The van der Waals surface area contributed by atoms with Crippen molar-refractivity contribution in [1.82, 2.24) is 0 Å². The van der Waals surface area contributed by atoms with Crippen LogP contribution in [0.2, 0.25) is 15.1 Å². The Hall–Kier alpha value is -1.75. The van der Waals surface area contributed by atoms with E-state index < -0.39 is 0 Å². The van der Waals surface area contributed by atoms with Crippen molar-refractivity contribution in [3.63, 3.8) is 0 Å². The van der Waals surface area contributed by atoms with Crippen LogP contribution in [-0.4, -0.2) is 24.2 Å². The van der Waals surface area contributed by atoms with Gasteiger partial charge in [0, 0.05) is 34.7 Å². The lowest BCUT2D eigenvalue weighted by Crippen LogP contribution is -2.44. The Bertz CT molecular complexity index is 937. The SMILES string of the molecule is O=C(C1=NN(c2ccc(Cl)cc2Cl)CC1)N(c1ccc(Cl)cc1)C1CCCCCC1. The Labute approximate surface area is 192 Å². The highest BCUT2D eigenvalue weighted by Gasteiger charge is 2.32. The van der Waals surface area contributed by atoms with Gasteiger partial charge in [-0.05, 0) is 55.3 Å². The third-order valence-corrected chi connectivity index (χ3v) is 6.54. The van der Waals surface area contributed by atoms with E-state index in [-0.39, 0.29) is 11.9 Å². The van der Waals surface area contributed by atoms with Crippen molar-refractivity contribution in [1.29, 1.82) is 0 Å². The minimum Gasteiger partial charge on any atom is -0.304 e. The number of rotatable bonds is 4. The average Bonchev–Trinajstić information content (AvgIpc) is 3.06. The molecule has 0 radical (unpaired) electrons. The quantitative estimate of drug-likeness (QED) is 0.458. The summed E-state index contributed by atoms with van der Waals surface area (Å²) in [6.45, 7) is 0.613. The molecule has 0 atom stereocenters. The van der Waals surface area contributed by atoms with Gasteiger partial charge < -0.3 is 4.90 Å². The zero-order valence-corrected chi connectivity index (χ0v) is 18.9. The number of halogens is 3. The van der Waals surface area contributed by atoms with Gasteiger partial charge in [-0.2, -0.15) is 5.10 Å². The average molecular weight is 465 g/mol. The third kappa shape index (κ3) is 4.77. The van der Waals surface area contributed by atoms with Crippen LogP contribution in [0.4, 0.5) is 11.4 Å².